The van der Waals surface area contributed by atoms with Gasteiger partial charge in [-0.15, -0.1) is 0 Å². The number of amides is 1. The van der Waals surface area contributed by atoms with Crippen LogP contribution >= 0.6 is 12.8 Å². The predicted molar refractivity (Wildman–Crippen MR) is 81.1 cm³/mol. The second kappa shape index (κ2) is 6.06. The fourth-order valence-corrected chi connectivity index (χ4v) is 1.96. The normalized spacial score (nSPS) is 10.8. The van der Waals surface area contributed by atoms with E-state index in [1.165, 1.54) is 0 Å². The van der Waals surface area contributed by atoms with Gasteiger partial charge in [-0.05, 0) is 26.1 Å². The molecule has 0 aliphatic carbocycles. The van der Waals surface area contributed by atoms with Crippen molar-refractivity contribution in [2.75, 3.05) is 25.5 Å². The summed E-state index contributed by atoms with van der Waals surface area (Å²) in [6, 6.07) is 3.75. The van der Waals surface area contributed by atoms with E-state index >= 15 is 0 Å². The maximum atomic E-state index is 12.0. The molecule has 0 saturated carbocycles. The number of nitrogens with zero attached hydrogens (tertiary/aromatic N) is 5. The molecule has 0 aliphatic rings. The number of anilines is 1. The first-order chi connectivity index (χ1) is 9.49. The van der Waals surface area contributed by atoms with Crippen molar-refractivity contribution in [2.24, 2.45) is 0 Å². The van der Waals surface area contributed by atoms with Crippen molar-refractivity contribution in [1.29, 1.82) is 0 Å². The van der Waals surface area contributed by atoms with Crippen molar-refractivity contribution in [1.82, 2.24) is 19.1 Å². The van der Waals surface area contributed by atoms with Gasteiger partial charge >= 0.3 is 0 Å². The molecule has 2 rings (SSSR count). The molecule has 0 bridgehead atoms. The Bertz CT molecular complexity index is 596. The lowest BCUT2D eigenvalue weighted by Crippen LogP contribution is -2.33. The first kappa shape index (κ1) is 14.5. The molecule has 7 heteroatoms. The van der Waals surface area contributed by atoms with E-state index in [2.05, 4.69) is 22.9 Å². The lowest BCUT2D eigenvalue weighted by molar-refractivity contribution is -0.118. The summed E-state index contributed by atoms with van der Waals surface area (Å²) in [6.45, 7) is 2.10. The van der Waals surface area contributed by atoms with Gasteiger partial charge in [-0.1, -0.05) is 12.8 Å². The second-order valence-corrected chi connectivity index (χ2v) is 5.21. The first-order valence-corrected chi connectivity index (χ1v) is 6.52. The van der Waals surface area contributed by atoms with Gasteiger partial charge in [0.1, 0.15) is 0 Å². The molecule has 0 fully saturated rings. The van der Waals surface area contributed by atoms with Crippen molar-refractivity contribution in [3.05, 3.63) is 36.4 Å². The molecule has 2 aromatic rings. The maximum absolute atomic E-state index is 12.0. The first-order valence-electron chi connectivity index (χ1n) is 6.12. The van der Waals surface area contributed by atoms with Gasteiger partial charge in [-0.25, -0.2) is 8.99 Å². The third kappa shape index (κ3) is 3.17. The fourth-order valence-electron chi connectivity index (χ4n) is 1.84. The van der Waals surface area contributed by atoms with Gasteiger partial charge in [0.15, 0.2) is 0 Å². The molecule has 2 aromatic heterocycles. The summed E-state index contributed by atoms with van der Waals surface area (Å²) in [5.41, 5.74) is 2.41. The van der Waals surface area contributed by atoms with E-state index in [-0.39, 0.29) is 12.5 Å². The molecule has 20 heavy (non-hydrogen) atoms. The standard InChI is InChI=1S/C13H17N5OS/c1-10-12(17(3)13(19)9-16(2)20)8-18(15-10)11-5-4-6-14-7-11/h4-8,20H,9H2,1-3H3. The lowest BCUT2D eigenvalue weighted by Gasteiger charge is -2.18. The summed E-state index contributed by atoms with van der Waals surface area (Å²) in [5.74, 6) is -0.0451. The Morgan fingerprint density at radius 1 is 1.45 bits per heavy atom. The van der Waals surface area contributed by atoms with E-state index in [9.17, 15) is 4.79 Å². The molecule has 0 unspecified atom stereocenters. The van der Waals surface area contributed by atoms with Gasteiger partial charge in [0.2, 0.25) is 5.91 Å². The molecule has 2 heterocycles. The zero-order chi connectivity index (χ0) is 14.7. The van der Waals surface area contributed by atoms with Crippen LogP contribution in [0.4, 0.5) is 5.69 Å². The zero-order valence-corrected chi connectivity index (χ0v) is 12.6. The third-order valence-corrected chi connectivity index (χ3v) is 3.02. The summed E-state index contributed by atoms with van der Waals surface area (Å²) in [4.78, 5) is 17.7. The van der Waals surface area contributed by atoms with E-state index in [1.54, 1.807) is 40.4 Å². The highest BCUT2D eigenvalue weighted by atomic mass is 32.1. The Hall–Kier alpha value is -1.86. The lowest BCUT2D eigenvalue weighted by atomic mass is 10.3. The van der Waals surface area contributed by atoms with E-state index in [1.807, 2.05) is 25.3 Å². The van der Waals surface area contributed by atoms with E-state index in [4.69, 9.17) is 0 Å². The molecule has 0 aliphatic heterocycles. The topological polar surface area (TPSA) is 54.3 Å². The number of thiol groups is 1. The van der Waals surface area contributed by atoms with Crippen molar-refractivity contribution in [2.45, 2.75) is 6.92 Å². The Morgan fingerprint density at radius 3 is 2.80 bits per heavy atom. The molecule has 0 aromatic carbocycles. The molecule has 0 spiro atoms. The largest absolute Gasteiger partial charge is 0.311 e. The van der Waals surface area contributed by atoms with Crippen LogP contribution in [-0.2, 0) is 4.79 Å². The minimum Gasteiger partial charge on any atom is -0.311 e. The van der Waals surface area contributed by atoms with Crippen LogP contribution < -0.4 is 4.90 Å². The van der Waals surface area contributed by atoms with Crippen molar-refractivity contribution in [3.63, 3.8) is 0 Å². The molecule has 1 amide bonds. The minimum atomic E-state index is -0.0451. The summed E-state index contributed by atoms with van der Waals surface area (Å²) in [6.07, 6.45) is 5.25. The number of hydrogen-bond donors (Lipinski definition) is 1. The highest BCUT2D eigenvalue weighted by Crippen LogP contribution is 2.19. The summed E-state index contributed by atoms with van der Waals surface area (Å²) >= 11 is 4.09. The highest BCUT2D eigenvalue weighted by Gasteiger charge is 2.17. The van der Waals surface area contributed by atoms with Gasteiger partial charge in [-0.3, -0.25) is 9.78 Å². The predicted octanol–water partition coefficient (Wildman–Crippen LogP) is 1.32. The average molecular weight is 291 g/mol. The van der Waals surface area contributed by atoms with Gasteiger partial charge in [0.05, 0.1) is 36.0 Å². The molecule has 0 atom stereocenters. The number of likely N-dealkylation sites (N-methyl/N-ethyl adjacent to an activating group) is 2. The van der Waals surface area contributed by atoms with Crippen LogP contribution in [0.5, 0.6) is 0 Å². The monoisotopic (exact) mass is 291 g/mol. The molecule has 0 radical (unpaired) electrons. The Balaban J connectivity index is 2.26. The summed E-state index contributed by atoms with van der Waals surface area (Å²) in [5, 5.41) is 4.41. The zero-order valence-electron chi connectivity index (χ0n) is 11.7. The number of hydrogen-bond acceptors (Lipinski definition) is 5. The summed E-state index contributed by atoms with van der Waals surface area (Å²) in [7, 11) is 3.47. The van der Waals surface area contributed by atoms with E-state index < -0.39 is 0 Å². The highest BCUT2D eigenvalue weighted by molar-refractivity contribution is 7.77. The number of rotatable bonds is 4. The number of aryl methyl sites for hydroxylation is 1. The van der Waals surface area contributed by atoms with Crippen molar-refractivity contribution < 1.29 is 4.79 Å². The van der Waals surface area contributed by atoms with Gasteiger partial charge in [0.25, 0.3) is 0 Å². The number of carbonyl (C=O) groups excluding carboxylic acids is 1. The number of carbonyl (C=O) groups is 1. The Morgan fingerprint density at radius 2 is 2.20 bits per heavy atom. The van der Waals surface area contributed by atoms with Crippen molar-refractivity contribution in [3.8, 4) is 5.69 Å². The smallest absolute Gasteiger partial charge is 0.241 e. The Labute approximate surface area is 123 Å². The van der Waals surface area contributed by atoms with Crippen LogP contribution in [-0.4, -0.2) is 45.6 Å². The SMILES string of the molecule is Cc1nn(-c2cccnc2)cc1N(C)C(=O)CN(C)S. The van der Waals surface area contributed by atoms with Crippen LogP contribution in [0, 0.1) is 6.92 Å². The van der Waals surface area contributed by atoms with E-state index in [0.717, 1.165) is 17.1 Å². The molecule has 106 valence electrons. The molecule has 0 saturated heterocycles. The Kier molecular flexibility index (Phi) is 4.41. The average Bonchev–Trinajstić information content (AvgIpc) is 2.80. The van der Waals surface area contributed by atoms with E-state index in [0.29, 0.717) is 0 Å². The van der Waals surface area contributed by atoms with Gasteiger partial charge < -0.3 is 4.90 Å². The maximum Gasteiger partial charge on any atom is 0.241 e. The molecular formula is C13H17N5OS. The fraction of sp³-hybridized carbons (Fsp3) is 0.308. The quantitative estimate of drug-likeness (QED) is 0.863. The van der Waals surface area contributed by atoms with Crippen LogP contribution in [0.3, 0.4) is 0 Å². The summed E-state index contributed by atoms with van der Waals surface area (Å²) < 4.78 is 3.26. The van der Waals surface area contributed by atoms with Crippen LogP contribution in [0.1, 0.15) is 5.69 Å². The number of aromatic nitrogens is 3. The van der Waals surface area contributed by atoms with Crippen LogP contribution in [0.25, 0.3) is 5.69 Å². The minimum absolute atomic E-state index is 0.0451. The van der Waals surface area contributed by atoms with Gasteiger partial charge in [0, 0.05) is 13.2 Å². The number of pyridine rings is 1. The second-order valence-electron chi connectivity index (χ2n) is 4.52. The molecule has 6 nitrogen and oxygen atoms in total. The van der Waals surface area contributed by atoms with Gasteiger partial charge in [-0.2, -0.15) is 5.10 Å². The molecule has 0 N–H and O–H groups in total. The van der Waals surface area contributed by atoms with Crippen molar-refractivity contribution >= 4 is 24.4 Å². The third-order valence-electron chi connectivity index (χ3n) is 2.88. The van der Waals surface area contributed by atoms with Crippen LogP contribution in [0.15, 0.2) is 30.7 Å². The van der Waals surface area contributed by atoms with Crippen LogP contribution in [0.2, 0.25) is 0 Å². The molecular weight excluding hydrogens is 274 g/mol.